The first-order valence-electron chi connectivity index (χ1n) is 13.0. The number of nitrogens with zero attached hydrogens (tertiary/aromatic N) is 5. The van der Waals surface area contributed by atoms with Gasteiger partial charge in [-0.05, 0) is 42.7 Å². The Labute approximate surface area is 227 Å². The summed E-state index contributed by atoms with van der Waals surface area (Å²) >= 11 is 0. The average molecular weight is 557 g/mol. The molecule has 1 unspecified atom stereocenters. The van der Waals surface area contributed by atoms with Crippen molar-refractivity contribution >= 4 is 22.0 Å². The lowest BCUT2D eigenvalue weighted by molar-refractivity contribution is -0.198. The summed E-state index contributed by atoms with van der Waals surface area (Å²) in [6, 6.07) is 8.13. The summed E-state index contributed by atoms with van der Waals surface area (Å²) in [6.07, 6.45) is 9.77. The SMILES string of the molecule is O=C(C=Cc1ccn(S(=O)(=O)c2ccc(-c3cn(CCN4CCOCC4)nn3)cc2)c1)NOC1CCCCO1. The topological polar surface area (TPSA) is 130 Å². The largest absolute Gasteiger partial charge is 0.379 e. The van der Waals surface area contributed by atoms with Gasteiger partial charge in [-0.25, -0.2) is 22.7 Å². The van der Waals surface area contributed by atoms with Gasteiger partial charge in [-0.2, -0.15) is 0 Å². The first kappa shape index (κ1) is 27.2. The van der Waals surface area contributed by atoms with Gasteiger partial charge in [0.2, 0.25) is 0 Å². The number of nitrogens with one attached hydrogen (secondary N) is 1. The Morgan fingerprint density at radius 2 is 1.90 bits per heavy atom. The molecule has 1 amide bonds. The minimum atomic E-state index is -3.81. The van der Waals surface area contributed by atoms with Crippen molar-refractivity contribution in [1.82, 2.24) is 29.3 Å². The summed E-state index contributed by atoms with van der Waals surface area (Å²) in [5, 5.41) is 8.44. The van der Waals surface area contributed by atoms with Gasteiger partial charge in [-0.15, -0.1) is 5.10 Å². The molecule has 1 aromatic carbocycles. The van der Waals surface area contributed by atoms with Gasteiger partial charge in [0.25, 0.3) is 15.9 Å². The van der Waals surface area contributed by atoms with E-state index >= 15 is 0 Å². The van der Waals surface area contributed by atoms with Crippen LogP contribution in [0.5, 0.6) is 0 Å². The Kier molecular flexibility index (Phi) is 8.84. The Hall–Kier alpha value is -3.36. The van der Waals surface area contributed by atoms with E-state index in [1.54, 1.807) is 35.0 Å². The van der Waals surface area contributed by atoms with Crippen molar-refractivity contribution in [2.75, 3.05) is 39.5 Å². The molecule has 12 nitrogen and oxygen atoms in total. The summed E-state index contributed by atoms with van der Waals surface area (Å²) in [7, 11) is -3.81. The van der Waals surface area contributed by atoms with E-state index in [0.717, 1.165) is 61.6 Å². The fraction of sp³-hybridized carbons (Fsp3) is 0.423. The van der Waals surface area contributed by atoms with E-state index in [4.69, 9.17) is 14.3 Å². The lowest BCUT2D eigenvalue weighted by Gasteiger charge is -2.26. The van der Waals surface area contributed by atoms with Gasteiger partial charge in [0, 0.05) is 56.7 Å². The zero-order valence-corrected chi connectivity index (χ0v) is 22.3. The zero-order chi connectivity index (χ0) is 27.1. The molecule has 0 bridgehead atoms. The predicted octanol–water partition coefficient (Wildman–Crippen LogP) is 1.90. The number of rotatable bonds is 10. The van der Waals surface area contributed by atoms with Crippen LogP contribution in [0.3, 0.4) is 0 Å². The predicted molar refractivity (Wildman–Crippen MR) is 142 cm³/mol. The monoisotopic (exact) mass is 556 g/mol. The van der Waals surface area contributed by atoms with E-state index < -0.39 is 22.2 Å². The van der Waals surface area contributed by atoms with Crippen molar-refractivity contribution in [2.24, 2.45) is 0 Å². The molecule has 2 fully saturated rings. The molecule has 5 rings (SSSR count). The fourth-order valence-corrected chi connectivity index (χ4v) is 5.51. The van der Waals surface area contributed by atoms with Crippen LogP contribution >= 0.6 is 0 Å². The molecule has 0 aliphatic carbocycles. The third-order valence-corrected chi connectivity index (χ3v) is 8.21. The minimum Gasteiger partial charge on any atom is -0.379 e. The normalized spacial score (nSPS) is 18.9. The summed E-state index contributed by atoms with van der Waals surface area (Å²) in [5.41, 5.74) is 4.33. The molecule has 0 spiro atoms. The van der Waals surface area contributed by atoms with Gasteiger partial charge in [0.15, 0.2) is 6.29 Å². The highest BCUT2D eigenvalue weighted by molar-refractivity contribution is 7.90. The van der Waals surface area contributed by atoms with Gasteiger partial charge in [-0.3, -0.25) is 14.4 Å². The molecule has 2 saturated heterocycles. The summed E-state index contributed by atoms with van der Waals surface area (Å²) < 4.78 is 39.9. The number of carbonyl (C=O) groups excluding carboxylic acids is 1. The van der Waals surface area contributed by atoms with Gasteiger partial charge in [-0.1, -0.05) is 17.3 Å². The first-order chi connectivity index (χ1) is 19.0. The molecule has 2 aliphatic heterocycles. The van der Waals surface area contributed by atoms with Crippen molar-refractivity contribution in [3.05, 3.63) is 60.6 Å². The molecule has 208 valence electrons. The molecule has 1 atom stereocenters. The van der Waals surface area contributed by atoms with Gasteiger partial charge < -0.3 is 9.47 Å². The number of hydrogen-bond donors (Lipinski definition) is 1. The van der Waals surface area contributed by atoms with Crippen LogP contribution in [0.15, 0.2) is 59.9 Å². The highest BCUT2D eigenvalue weighted by Crippen LogP contribution is 2.21. The van der Waals surface area contributed by atoms with Gasteiger partial charge >= 0.3 is 0 Å². The van der Waals surface area contributed by atoms with Crippen molar-refractivity contribution in [2.45, 2.75) is 37.0 Å². The lowest BCUT2D eigenvalue weighted by atomic mass is 10.2. The second-order valence-corrected chi connectivity index (χ2v) is 11.2. The zero-order valence-electron chi connectivity index (χ0n) is 21.5. The van der Waals surface area contributed by atoms with Crippen LogP contribution in [0.4, 0.5) is 0 Å². The number of hydroxylamine groups is 1. The van der Waals surface area contributed by atoms with Crippen LogP contribution in [0.2, 0.25) is 0 Å². The average Bonchev–Trinajstić information content (AvgIpc) is 3.66. The van der Waals surface area contributed by atoms with Gasteiger partial charge in [0.1, 0.15) is 5.69 Å². The molecule has 2 aliphatic rings. The van der Waals surface area contributed by atoms with E-state index in [1.165, 1.54) is 24.5 Å². The molecule has 1 N–H and O–H groups in total. The maximum atomic E-state index is 13.1. The molecule has 0 radical (unpaired) electrons. The summed E-state index contributed by atoms with van der Waals surface area (Å²) in [4.78, 5) is 19.7. The van der Waals surface area contributed by atoms with Crippen LogP contribution < -0.4 is 5.48 Å². The van der Waals surface area contributed by atoms with E-state index in [2.05, 4.69) is 20.7 Å². The molecule has 4 heterocycles. The molecule has 2 aromatic heterocycles. The Balaban J connectivity index is 1.16. The highest BCUT2D eigenvalue weighted by atomic mass is 32.2. The highest BCUT2D eigenvalue weighted by Gasteiger charge is 2.18. The van der Waals surface area contributed by atoms with Crippen LogP contribution in [-0.2, 0) is 35.7 Å². The number of ether oxygens (including phenoxy) is 2. The number of carbonyl (C=O) groups is 1. The van der Waals surface area contributed by atoms with Crippen LogP contribution in [0, 0.1) is 0 Å². The van der Waals surface area contributed by atoms with E-state index in [1.807, 2.05) is 6.20 Å². The van der Waals surface area contributed by atoms with Crippen molar-refractivity contribution in [3.63, 3.8) is 0 Å². The summed E-state index contributed by atoms with van der Waals surface area (Å²) in [5.74, 6) is -0.464. The third kappa shape index (κ3) is 7.19. The number of morpholine rings is 1. The number of benzene rings is 1. The second kappa shape index (κ2) is 12.7. The Morgan fingerprint density at radius 3 is 2.67 bits per heavy atom. The van der Waals surface area contributed by atoms with E-state index in [0.29, 0.717) is 24.4 Å². The molecular formula is C26H32N6O6S. The second-order valence-electron chi connectivity index (χ2n) is 9.34. The van der Waals surface area contributed by atoms with Crippen LogP contribution in [0.1, 0.15) is 24.8 Å². The smallest absolute Gasteiger partial charge is 0.267 e. The number of aromatic nitrogens is 4. The first-order valence-corrected chi connectivity index (χ1v) is 14.4. The fourth-order valence-electron chi connectivity index (χ4n) is 4.30. The standard InChI is InChI=1S/C26H32N6O6S/c33-25(28-38-26-3-1-2-16-37-26)9-4-21-10-11-32(19-21)39(34,35)23-7-5-22(6-8-23)24-20-31(29-27-24)13-12-30-14-17-36-18-15-30/h4-11,19-20,26H,1-3,12-18H2,(H,28,33). The van der Waals surface area contributed by atoms with Crippen molar-refractivity contribution in [1.29, 1.82) is 0 Å². The Bertz CT molecular complexity index is 1370. The molecule has 0 saturated carbocycles. The van der Waals surface area contributed by atoms with E-state index in [-0.39, 0.29) is 4.90 Å². The molecule has 13 heteroatoms. The lowest BCUT2D eigenvalue weighted by Crippen LogP contribution is -2.38. The molecule has 39 heavy (non-hydrogen) atoms. The number of hydrogen-bond acceptors (Lipinski definition) is 9. The maximum absolute atomic E-state index is 13.1. The van der Waals surface area contributed by atoms with Crippen LogP contribution in [-0.4, -0.2) is 83.9 Å². The maximum Gasteiger partial charge on any atom is 0.267 e. The quantitative estimate of drug-likeness (QED) is 0.294. The van der Waals surface area contributed by atoms with Crippen LogP contribution in [0.25, 0.3) is 17.3 Å². The molecule has 3 aromatic rings. The van der Waals surface area contributed by atoms with Crippen molar-refractivity contribution < 1.29 is 27.5 Å². The van der Waals surface area contributed by atoms with E-state index in [9.17, 15) is 13.2 Å². The Morgan fingerprint density at radius 1 is 1.08 bits per heavy atom. The summed E-state index contributed by atoms with van der Waals surface area (Å²) in [6.45, 7) is 5.52. The van der Waals surface area contributed by atoms with Gasteiger partial charge in [0.05, 0.1) is 30.9 Å². The number of amides is 1. The molecular weight excluding hydrogens is 524 g/mol. The van der Waals surface area contributed by atoms with Crippen molar-refractivity contribution in [3.8, 4) is 11.3 Å². The third-order valence-electron chi connectivity index (χ3n) is 6.56. The minimum absolute atomic E-state index is 0.135.